The van der Waals surface area contributed by atoms with Crippen molar-refractivity contribution in [3.05, 3.63) is 30.5 Å². The van der Waals surface area contributed by atoms with Crippen LogP contribution in [-0.4, -0.2) is 34.7 Å². The molecule has 23 heavy (non-hydrogen) atoms. The summed E-state index contributed by atoms with van der Waals surface area (Å²) in [4.78, 5) is 23.4. The minimum atomic E-state index is -1.01. The van der Waals surface area contributed by atoms with Gasteiger partial charge >= 0.3 is 5.97 Å². The van der Waals surface area contributed by atoms with Gasteiger partial charge < -0.3 is 19.7 Å². The first-order valence-corrected chi connectivity index (χ1v) is 7.56. The Hall–Kier alpha value is -2.50. The topological polar surface area (TPSA) is 80.6 Å². The van der Waals surface area contributed by atoms with Crippen LogP contribution in [0.2, 0.25) is 0 Å². The van der Waals surface area contributed by atoms with Crippen molar-refractivity contribution in [1.29, 1.82) is 0 Å². The second kappa shape index (κ2) is 7.17. The fourth-order valence-corrected chi connectivity index (χ4v) is 2.60. The standard InChI is InChI=1S/C17H22N2O4/c1-11(2)9-13(17(21)22)18-16(20)10-19-8-7-12-14(19)5-4-6-15(12)23-3/h4-8,11,13H,9-10H2,1-3H3,(H,18,20)(H,21,22)/t13-/m1/s1. The summed E-state index contributed by atoms with van der Waals surface area (Å²) in [5.41, 5.74) is 0.871. The van der Waals surface area contributed by atoms with Crippen molar-refractivity contribution in [3.8, 4) is 5.75 Å². The minimum absolute atomic E-state index is 0.0680. The van der Waals surface area contributed by atoms with Crippen molar-refractivity contribution in [2.75, 3.05) is 7.11 Å². The van der Waals surface area contributed by atoms with Crippen molar-refractivity contribution in [1.82, 2.24) is 9.88 Å². The Morgan fingerprint density at radius 2 is 2.04 bits per heavy atom. The lowest BCUT2D eigenvalue weighted by atomic mass is 10.0. The largest absolute Gasteiger partial charge is 0.496 e. The second-order valence-electron chi connectivity index (χ2n) is 5.92. The van der Waals surface area contributed by atoms with E-state index in [9.17, 15) is 14.7 Å². The van der Waals surface area contributed by atoms with Gasteiger partial charge in [0.15, 0.2) is 0 Å². The molecule has 1 heterocycles. The molecule has 0 spiro atoms. The third kappa shape index (κ3) is 4.03. The molecule has 0 radical (unpaired) electrons. The molecule has 1 aromatic heterocycles. The average molecular weight is 318 g/mol. The fraction of sp³-hybridized carbons (Fsp3) is 0.412. The number of nitrogens with zero attached hydrogens (tertiary/aromatic N) is 1. The zero-order valence-electron chi connectivity index (χ0n) is 13.6. The molecule has 1 amide bonds. The summed E-state index contributed by atoms with van der Waals surface area (Å²) < 4.78 is 7.07. The maximum atomic E-state index is 12.2. The van der Waals surface area contributed by atoms with E-state index in [1.807, 2.05) is 38.1 Å². The summed E-state index contributed by atoms with van der Waals surface area (Å²) in [6, 6.07) is 6.63. The molecular formula is C17H22N2O4. The molecule has 1 atom stereocenters. The van der Waals surface area contributed by atoms with Crippen molar-refractivity contribution < 1.29 is 19.4 Å². The number of amides is 1. The van der Waals surface area contributed by atoms with Gasteiger partial charge in [0.1, 0.15) is 18.3 Å². The third-order valence-corrected chi connectivity index (χ3v) is 3.65. The van der Waals surface area contributed by atoms with Crippen LogP contribution in [0.5, 0.6) is 5.75 Å². The molecule has 0 saturated carbocycles. The van der Waals surface area contributed by atoms with E-state index in [1.165, 1.54) is 0 Å². The van der Waals surface area contributed by atoms with Crippen LogP contribution < -0.4 is 10.1 Å². The average Bonchev–Trinajstić information content (AvgIpc) is 2.89. The van der Waals surface area contributed by atoms with E-state index < -0.39 is 12.0 Å². The summed E-state index contributed by atoms with van der Waals surface area (Å²) in [5.74, 6) is -0.401. The zero-order valence-corrected chi connectivity index (χ0v) is 13.6. The predicted molar refractivity (Wildman–Crippen MR) is 87.5 cm³/mol. The van der Waals surface area contributed by atoms with Crippen molar-refractivity contribution >= 4 is 22.8 Å². The molecule has 1 aromatic carbocycles. The number of aromatic nitrogens is 1. The van der Waals surface area contributed by atoms with E-state index in [2.05, 4.69) is 5.32 Å². The van der Waals surface area contributed by atoms with Gasteiger partial charge in [-0.05, 0) is 30.5 Å². The number of hydrogen-bond acceptors (Lipinski definition) is 3. The summed E-state index contributed by atoms with van der Waals surface area (Å²) in [6.07, 6.45) is 2.20. The first-order chi connectivity index (χ1) is 10.9. The lowest BCUT2D eigenvalue weighted by molar-refractivity contribution is -0.142. The summed E-state index contributed by atoms with van der Waals surface area (Å²) >= 11 is 0. The summed E-state index contributed by atoms with van der Waals surface area (Å²) in [5, 5.41) is 12.7. The number of carbonyl (C=O) groups excluding carboxylic acids is 1. The number of rotatable bonds is 7. The molecule has 124 valence electrons. The van der Waals surface area contributed by atoms with E-state index in [0.717, 1.165) is 16.7 Å². The molecule has 6 heteroatoms. The monoisotopic (exact) mass is 318 g/mol. The highest BCUT2D eigenvalue weighted by Crippen LogP contribution is 2.26. The molecule has 2 rings (SSSR count). The van der Waals surface area contributed by atoms with Gasteiger partial charge in [-0.15, -0.1) is 0 Å². The van der Waals surface area contributed by atoms with Crippen LogP contribution in [-0.2, 0) is 16.1 Å². The Kier molecular flexibility index (Phi) is 5.26. The number of carboxylic acids is 1. The molecule has 6 nitrogen and oxygen atoms in total. The SMILES string of the molecule is COc1cccc2c1ccn2CC(=O)N[C@H](CC(C)C)C(=O)O. The van der Waals surface area contributed by atoms with E-state index in [-0.39, 0.29) is 18.4 Å². The Morgan fingerprint density at radius 3 is 2.65 bits per heavy atom. The molecule has 0 saturated heterocycles. The lowest BCUT2D eigenvalue weighted by Crippen LogP contribution is -2.43. The zero-order chi connectivity index (χ0) is 17.0. The van der Waals surface area contributed by atoms with Gasteiger partial charge in [0.25, 0.3) is 0 Å². The molecular weight excluding hydrogens is 296 g/mol. The number of hydrogen-bond donors (Lipinski definition) is 2. The van der Waals surface area contributed by atoms with Crippen molar-refractivity contribution in [2.45, 2.75) is 32.9 Å². The van der Waals surface area contributed by atoms with Crippen molar-refractivity contribution in [3.63, 3.8) is 0 Å². The highest BCUT2D eigenvalue weighted by molar-refractivity contribution is 5.89. The van der Waals surface area contributed by atoms with E-state index in [4.69, 9.17) is 4.74 Å². The van der Waals surface area contributed by atoms with Crippen LogP contribution >= 0.6 is 0 Å². The first-order valence-electron chi connectivity index (χ1n) is 7.56. The lowest BCUT2D eigenvalue weighted by Gasteiger charge is -2.17. The molecule has 2 aromatic rings. The summed E-state index contributed by atoms with van der Waals surface area (Å²) in [6.45, 7) is 3.92. The van der Waals surface area contributed by atoms with E-state index in [1.54, 1.807) is 17.9 Å². The van der Waals surface area contributed by atoms with E-state index in [0.29, 0.717) is 6.42 Å². The Morgan fingerprint density at radius 1 is 1.30 bits per heavy atom. The van der Waals surface area contributed by atoms with Gasteiger partial charge in [-0.3, -0.25) is 4.79 Å². The van der Waals surface area contributed by atoms with Crippen LogP contribution in [0.4, 0.5) is 0 Å². The highest BCUT2D eigenvalue weighted by Gasteiger charge is 2.21. The minimum Gasteiger partial charge on any atom is -0.496 e. The molecule has 0 aliphatic rings. The van der Waals surface area contributed by atoms with Gasteiger partial charge in [0.05, 0.1) is 12.6 Å². The maximum Gasteiger partial charge on any atom is 0.326 e. The van der Waals surface area contributed by atoms with Gasteiger partial charge in [0, 0.05) is 11.6 Å². The number of fused-ring (bicyclic) bond motifs is 1. The second-order valence-corrected chi connectivity index (χ2v) is 5.92. The number of carboxylic acid groups (broad SMARTS) is 1. The quantitative estimate of drug-likeness (QED) is 0.820. The smallest absolute Gasteiger partial charge is 0.326 e. The molecule has 0 unspecified atom stereocenters. The normalized spacial score (nSPS) is 12.3. The van der Waals surface area contributed by atoms with E-state index >= 15 is 0 Å². The van der Waals surface area contributed by atoms with Crippen LogP contribution in [0.15, 0.2) is 30.5 Å². The number of carbonyl (C=O) groups is 2. The molecule has 0 aliphatic carbocycles. The first kappa shape index (κ1) is 16.9. The molecule has 0 aliphatic heterocycles. The number of ether oxygens (including phenoxy) is 1. The Balaban J connectivity index is 2.12. The fourth-order valence-electron chi connectivity index (χ4n) is 2.60. The Bertz CT molecular complexity index is 706. The van der Waals surface area contributed by atoms with Crippen LogP contribution in [0, 0.1) is 5.92 Å². The number of nitrogens with one attached hydrogen (secondary N) is 1. The van der Waals surface area contributed by atoms with Crippen LogP contribution in [0.25, 0.3) is 10.9 Å². The Labute approximate surface area is 135 Å². The van der Waals surface area contributed by atoms with Gasteiger partial charge in [0.2, 0.25) is 5.91 Å². The van der Waals surface area contributed by atoms with Crippen molar-refractivity contribution in [2.24, 2.45) is 5.92 Å². The third-order valence-electron chi connectivity index (χ3n) is 3.65. The van der Waals surface area contributed by atoms with Gasteiger partial charge in [-0.2, -0.15) is 0 Å². The molecule has 2 N–H and O–H groups in total. The van der Waals surface area contributed by atoms with Crippen LogP contribution in [0.1, 0.15) is 20.3 Å². The van der Waals surface area contributed by atoms with Gasteiger partial charge in [-0.25, -0.2) is 4.79 Å². The number of aliphatic carboxylic acids is 1. The molecule has 0 bridgehead atoms. The van der Waals surface area contributed by atoms with Gasteiger partial charge in [-0.1, -0.05) is 19.9 Å². The predicted octanol–water partition coefficient (Wildman–Crippen LogP) is 2.27. The van der Waals surface area contributed by atoms with Crippen LogP contribution in [0.3, 0.4) is 0 Å². The highest BCUT2D eigenvalue weighted by atomic mass is 16.5. The summed E-state index contributed by atoms with van der Waals surface area (Å²) in [7, 11) is 1.60. The maximum absolute atomic E-state index is 12.2. The molecule has 0 fully saturated rings. The number of methoxy groups -OCH3 is 1. The number of benzene rings is 1.